The first kappa shape index (κ1) is 11.6. The van der Waals surface area contributed by atoms with Crippen molar-refractivity contribution >= 4 is 11.5 Å². The van der Waals surface area contributed by atoms with Gasteiger partial charge in [-0.3, -0.25) is 5.41 Å². The first-order valence-corrected chi connectivity index (χ1v) is 5.12. The maximum atomic E-state index is 7.34. The molecule has 0 saturated heterocycles. The zero-order chi connectivity index (χ0) is 11.4. The summed E-state index contributed by atoms with van der Waals surface area (Å²) >= 11 is 0. The summed E-state index contributed by atoms with van der Waals surface area (Å²) in [5, 5.41) is 7.34. The fraction of sp³-hybridized carbons (Fsp3) is 0.417. The van der Waals surface area contributed by atoms with Gasteiger partial charge in [-0.2, -0.15) is 0 Å². The summed E-state index contributed by atoms with van der Waals surface area (Å²) in [4.78, 5) is 2.12. The summed E-state index contributed by atoms with van der Waals surface area (Å²) in [6, 6.07) is 8.35. The van der Waals surface area contributed by atoms with Gasteiger partial charge in [0.15, 0.2) is 0 Å². The molecule has 0 fully saturated rings. The lowest BCUT2D eigenvalue weighted by molar-refractivity contribution is 0.729. The monoisotopic (exact) mass is 205 g/mol. The third kappa shape index (κ3) is 3.27. The molecule has 1 aromatic carbocycles. The smallest absolute Gasteiger partial charge is 0.0952 e. The minimum atomic E-state index is 0.0938. The summed E-state index contributed by atoms with van der Waals surface area (Å²) in [5.74, 6) is 0.338. The van der Waals surface area contributed by atoms with E-state index in [-0.39, 0.29) is 11.8 Å². The molecular weight excluding hydrogens is 186 g/mol. The molecule has 1 unspecified atom stereocenters. The zero-order valence-electron chi connectivity index (χ0n) is 9.62. The lowest BCUT2D eigenvalue weighted by Gasteiger charge is -2.22. The van der Waals surface area contributed by atoms with Gasteiger partial charge in [0, 0.05) is 25.2 Å². The van der Waals surface area contributed by atoms with Crippen LogP contribution in [0.2, 0.25) is 0 Å². The predicted molar refractivity (Wildman–Crippen MR) is 65.5 cm³/mol. The van der Waals surface area contributed by atoms with Crippen molar-refractivity contribution in [3.8, 4) is 0 Å². The Morgan fingerprint density at radius 1 is 1.40 bits per heavy atom. The first-order chi connectivity index (χ1) is 7.00. The lowest BCUT2D eigenvalue weighted by atomic mass is 10.1. The number of nitrogens with zero attached hydrogens (tertiary/aromatic N) is 1. The van der Waals surface area contributed by atoms with Gasteiger partial charge >= 0.3 is 0 Å². The van der Waals surface area contributed by atoms with Crippen molar-refractivity contribution in [1.82, 2.24) is 0 Å². The predicted octanol–water partition coefficient (Wildman–Crippen LogP) is 2.00. The molecule has 1 atom stereocenters. The Labute approximate surface area is 91.4 Å². The molecule has 1 aromatic rings. The van der Waals surface area contributed by atoms with Crippen molar-refractivity contribution in [2.24, 2.45) is 11.7 Å². The van der Waals surface area contributed by atoms with E-state index in [0.29, 0.717) is 0 Å². The molecule has 3 heteroatoms. The Morgan fingerprint density at radius 2 is 1.93 bits per heavy atom. The number of nitrogens with one attached hydrogen (secondary N) is 1. The van der Waals surface area contributed by atoms with E-state index in [4.69, 9.17) is 11.1 Å². The number of nitrogens with two attached hydrogens (primary N) is 1. The molecule has 0 radical (unpaired) electrons. The fourth-order valence-corrected chi connectivity index (χ4v) is 1.41. The number of hydrogen-bond donors (Lipinski definition) is 2. The van der Waals surface area contributed by atoms with Gasteiger partial charge in [0.2, 0.25) is 0 Å². The number of aryl methyl sites for hydroxylation is 1. The normalized spacial score (nSPS) is 12.2. The second kappa shape index (κ2) is 4.82. The number of benzene rings is 1. The van der Waals surface area contributed by atoms with Crippen molar-refractivity contribution in [3.05, 3.63) is 29.8 Å². The van der Waals surface area contributed by atoms with E-state index < -0.39 is 0 Å². The number of amidine groups is 1. The van der Waals surface area contributed by atoms with Crippen LogP contribution in [0.3, 0.4) is 0 Å². The van der Waals surface area contributed by atoms with E-state index in [9.17, 15) is 0 Å². The maximum Gasteiger partial charge on any atom is 0.0952 e. The third-order valence-corrected chi connectivity index (χ3v) is 2.55. The van der Waals surface area contributed by atoms with Gasteiger partial charge in [-0.05, 0) is 19.1 Å². The van der Waals surface area contributed by atoms with Crippen molar-refractivity contribution in [3.63, 3.8) is 0 Å². The largest absolute Gasteiger partial charge is 0.387 e. The Morgan fingerprint density at radius 3 is 2.40 bits per heavy atom. The van der Waals surface area contributed by atoms with Crippen LogP contribution in [0.1, 0.15) is 12.5 Å². The molecule has 3 N–H and O–H groups in total. The third-order valence-electron chi connectivity index (χ3n) is 2.55. The highest BCUT2D eigenvalue weighted by atomic mass is 15.1. The van der Waals surface area contributed by atoms with Crippen LogP contribution in [-0.4, -0.2) is 19.4 Å². The van der Waals surface area contributed by atoms with Crippen LogP contribution in [-0.2, 0) is 0 Å². The zero-order valence-corrected chi connectivity index (χ0v) is 9.62. The van der Waals surface area contributed by atoms with Crippen LogP contribution in [0.5, 0.6) is 0 Å². The summed E-state index contributed by atoms with van der Waals surface area (Å²) in [5.41, 5.74) is 7.86. The minimum absolute atomic E-state index is 0.0938. The molecule has 0 bridgehead atoms. The van der Waals surface area contributed by atoms with E-state index >= 15 is 0 Å². The van der Waals surface area contributed by atoms with E-state index in [1.807, 2.05) is 14.0 Å². The molecule has 0 aliphatic heterocycles. The standard InChI is InChI=1S/C12H19N3/c1-9-4-6-11(7-5-9)15(3)8-10(2)12(13)14/h4-7,10H,8H2,1-3H3,(H3,13,14). The summed E-state index contributed by atoms with van der Waals surface area (Å²) in [6.07, 6.45) is 0. The molecule has 0 spiro atoms. The Balaban J connectivity index is 2.64. The SMILES string of the molecule is Cc1ccc(N(C)CC(C)C(=N)N)cc1. The van der Waals surface area contributed by atoms with Gasteiger partial charge in [-0.25, -0.2) is 0 Å². The molecule has 1 rings (SSSR count). The van der Waals surface area contributed by atoms with Crippen LogP contribution in [0.15, 0.2) is 24.3 Å². The first-order valence-electron chi connectivity index (χ1n) is 5.12. The second-order valence-corrected chi connectivity index (χ2v) is 4.07. The van der Waals surface area contributed by atoms with Gasteiger partial charge in [0.1, 0.15) is 0 Å². The number of anilines is 1. The fourth-order valence-electron chi connectivity index (χ4n) is 1.41. The molecule has 15 heavy (non-hydrogen) atoms. The van der Waals surface area contributed by atoms with Crippen molar-refractivity contribution < 1.29 is 0 Å². The molecule has 0 aliphatic carbocycles. The van der Waals surface area contributed by atoms with Gasteiger partial charge in [-0.1, -0.05) is 24.6 Å². The average Bonchev–Trinajstić information content (AvgIpc) is 2.18. The summed E-state index contributed by atoms with van der Waals surface area (Å²) in [7, 11) is 2.02. The summed E-state index contributed by atoms with van der Waals surface area (Å²) < 4.78 is 0. The summed E-state index contributed by atoms with van der Waals surface area (Å²) in [6.45, 7) is 4.81. The van der Waals surface area contributed by atoms with Gasteiger partial charge in [0.05, 0.1) is 5.84 Å². The molecule has 3 nitrogen and oxygen atoms in total. The van der Waals surface area contributed by atoms with Gasteiger partial charge in [-0.15, -0.1) is 0 Å². The van der Waals surface area contributed by atoms with Crippen LogP contribution in [0, 0.1) is 18.3 Å². The Kier molecular flexibility index (Phi) is 3.72. The highest BCUT2D eigenvalue weighted by Crippen LogP contribution is 2.14. The molecule has 0 heterocycles. The van der Waals surface area contributed by atoms with Gasteiger partial charge < -0.3 is 10.6 Å². The Bertz CT molecular complexity index is 329. The minimum Gasteiger partial charge on any atom is -0.387 e. The maximum absolute atomic E-state index is 7.34. The molecule has 0 saturated carbocycles. The van der Waals surface area contributed by atoms with E-state index in [2.05, 4.69) is 36.1 Å². The molecule has 0 aliphatic rings. The van der Waals surface area contributed by atoms with E-state index in [0.717, 1.165) is 12.2 Å². The Hall–Kier alpha value is -1.51. The van der Waals surface area contributed by atoms with Crippen molar-refractivity contribution in [1.29, 1.82) is 5.41 Å². The quantitative estimate of drug-likeness (QED) is 0.583. The topological polar surface area (TPSA) is 53.1 Å². The lowest BCUT2D eigenvalue weighted by Crippen LogP contribution is -2.31. The average molecular weight is 205 g/mol. The van der Waals surface area contributed by atoms with E-state index in [1.165, 1.54) is 5.56 Å². The van der Waals surface area contributed by atoms with Crippen LogP contribution >= 0.6 is 0 Å². The van der Waals surface area contributed by atoms with Gasteiger partial charge in [0.25, 0.3) is 0 Å². The highest BCUT2D eigenvalue weighted by molar-refractivity contribution is 5.79. The number of hydrogen-bond acceptors (Lipinski definition) is 2. The molecular formula is C12H19N3. The second-order valence-electron chi connectivity index (χ2n) is 4.07. The van der Waals surface area contributed by atoms with E-state index in [1.54, 1.807) is 0 Å². The highest BCUT2D eigenvalue weighted by Gasteiger charge is 2.09. The molecule has 0 amide bonds. The van der Waals surface area contributed by atoms with Crippen LogP contribution in [0.4, 0.5) is 5.69 Å². The van der Waals surface area contributed by atoms with Crippen molar-refractivity contribution in [2.45, 2.75) is 13.8 Å². The van der Waals surface area contributed by atoms with Crippen LogP contribution in [0.25, 0.3) is 0 Å². The molecule has 0 aromatic heterocycles. The van der Waals surface area contributed by atoms with Crippen LogP contribution < -0.4 is 10.6 Å². The number of rotatable bonds is 4. The van der Waals surface area contributed by atoms with Crippen molar-refractivity contribution in [2.75, 3.05) is 18.5 Å². The molecule has 82 valence electrons.